The van der Waals surface area contributed by atoms with Gasteiger partial charge in [-0.15, -0.1) is 0 Å². The first-order chi connectivity index (χ1) is 12.6. The molecule has 0 aliphatic rings. The van der Waals surface area contributed by atoms with E-state index < -0.39 is 11.6 Å². The third kappa shape index (κ3) is 3.99. The average Bonchev–Trinajstić information content (AvgIpc) is 2.68. The summed E-state index contributed by atoms with van der Waals surface area (Å²) in [5, 5.41) is 0. The molecule has 134 valence electrons. The summed E-state index contributed by atoms with van der Waals surface area (Å²) in [6.07, 6.45) is 2.65. The van der Waals surface area contributed by atoms with Crippen LogP contribution in [0.2, 0.25) is 0 Å². The second-order valence-corrected chi connectivity index (χ2v) is 5.79. The highest BCUT2D eigenvalue weighted by Gasteiger charge is 2.12. The van der Waals surface area contributed by atoms with E-state index in [9.17, 15) is 8.78 Å². The van der Waals surface area contributed by atoms with Gasteiger partial charge in [0, 0.05) is 23.5 Å². The molecule has 0 amide bonds. The van der Waals surface area contributed by atoms with Gasteiger partial charge in [-0.3, -0.25) is 4.98 Å². The van der Waals surface area contributed by atoms with Gasteiger partial charge < -0.3 is 9.47 Å². The van der Waals surface area contributed by atoms with E-state index in [1.807, 2.05) is 12.1 Å². The fourth-order valence-electron chi connectivity index (χ4n) is 2.63. The largest absolute Gasteiger partial charge is 0.496 e. The first kappa shape index (κ1) is 17.9. The van der Waals surface area contributed by atoms with Crippen LogP contribution >= 0.6 is 0 Å². The molecule has 3 nitrogen and oxygen atoms in total. The lowest BCUT2D eigenvalue weighted by molar-refractivity contribution is 0.306. The zero-order valence-corrected chi connectivity index (χ0v) is 14.6. The molecule has 0 aliphatic heterocycles. The second-order valence-electron chi connectivity index (χ2n) is 5.79. The van der Waals surface area contributed by atoms with Crippen molar-refractivity contribution in [2.75, 3.05) is 7.11 Å². The number of aryl methyl sites for hydroxylation is 1. The molecular formula is C21H19F2NO2. The normalized spacial score (nSPS) is 10.6. The minimum absolute atomic E-state index is 0.279. The van der Waals surface area contributed by atoms with E-state index in [-0.39, 0.29) is 5.75 Å². The van der Waals surface area contributed by atoms with Crippen LogP contribution < -0.4 is 9.47 Å². The van der Waals surface area contributed by atoms with E-state index >= 15 is 0 Å². The van der Waals surface area contributed by atoms with E-state index in [4.69, 9.17) is 9.47 Å². The van der Waals surface area contributed by atoms with Crippen molar-refractivity contribution in [2.45, 2.75) is 20.0 Å². The van der Waals surface area contributed by atoms with Crippen LogP contribution in [-0.2, 0) is 13.0 Å². The molecule has 0 bridgehead atoms. The summed E-state index contributed by atoms with van der Waals surface area (Å²) in [7, 11) is 1.42. The van der Waals surface area contributed by atoms with E-state index in [1.165, 1.54) is 7.11 Å². The Kier molecular flexibility index (Phi) is 5.46. The van der Waals surface area contributed by atoms with Gasteiger partial charge in [0.2, 0.25) is 0 Å². The van der Waals surface area contributed by atoms with Crippen molar-refractivity contribution in [3.63, 3.8) is 0 Å². The second kappa shape index (κ2) is 7.95. The fourth-order valence-corrected chi connectivity index (χ4v) is 2.63. The molecule has 1 aromatic heterocycles. The first-order valence-electron chi connectivity index (χ1n) is 8.30. The smallest absolute Gasteiger partial charge is 0.162 e. The topological polar surface area (TPSA) is 31.4 Å². The number of ether oxygens (including phenoxy) is 2. The van der Waals surface area contributed by atoms with Crippen LogP contribution in [0.25, 0.3) is 11.1 Å². The van der Waals surface area contributed by atoms with E-state index in [0.29, 0.717) is 23.5 Å². The summed E-state index contributed by atoms with van der Waals surface area (Å²) >= 11 is 0. The summed E-state index contributed by atoms with van der Waals surface area (Å²) in [6.45, 7) is 2.49. The predicted octanol–water partition coefficient (Wildman–Crippen LogP) is 5.18. The number of nitrogens with zero attached hydrogens (tertiary/aromatic N) is 1. The molecule has 0 atom stereocenters. The molecular weight excluding hydrogens is 336 g/mol. The van der Waals surface area contributed by atoms with Crippen molar-refractivity contribution in [3.8, 4) is 22.6 Å². The van der Waals surface area contributed by atoms with Crippen molar-refractivity contribution in [2.24, 2.45) is 0 Å². The Hall–Kier alpha value is -2.95. The minimum atomic E-state index is -0.936. The molecule has 0 aliphatic carbocycles. The lowest BCUT2D eigenvalue weighted by Crippen LogP contribution is -1.98. The van der Waals surface area contributed by atoms with Gasteiger partial charge in [-0.1, -0.05) is 19.1 Å². The molecule has 2 aromatic carbocycles. The fraction of sp³-hybridized carbons (Fsp3) is 0.190. The highest BCUT2D eigenvalue weighted by Crippen LogP contribution is 2.33. The van der Waals surface area contributed by atoms with E-state index in [0.717, 1.165) is 29.8 Å². The van der Waals surface area contributed by atoms with Crippen LogP contribution in [0.15, 0.2) is 54.7 Å². The molecule has 0 unspecified atom stereocenters. The monoisotopic (exact) mass is 355 g/mol. The van der Waals surface area contributed by atoms with Crippen LogP contribution in [0.1, 0.15) is 18.2 Å². The van der Waals surface area contributed by atoms with Crippen molar-refractivity contribution in [1.29, 1.82) is 0 Å². The zero-order valence-electron chi connectivity index (χ0n) is 14.6. The number of aromatic nitrogens is 1. The Labute approximate surface area is 151 Å². The molecule has 26 heavy (non-hydrogen) atoms. The Morgan fingerprint density at radius 3 is 2.38 bits per heavy atom. The van der Waals surface area contributed by atoms with E-state index in [2.05, 4.69) is 11.9 Å². The SMILES string of the molecule is CCc1cc(COc2ccc(-c3cc(F)c(F)cc3OC)cc2)ccn1. The summed E-state index contributed by atoms with van der Waals surface area (Å²) in [6, 6.07) is 13.3. The minimum Gasteiger partial charge on any atom is -0.496 e. The van der Waals surface area contributed by atoms with Gasteiger partial charge in [0.05, 0.1) is 7.11 Å². The lowest BCUT2D eigenvalue weighted by Gasteiger charge is -2.11. The number of hydrogen-bond acceptors (Lipinski definition) is 3. The summed E-state index contributed by atoms with van der Waals surface area (Å²) in [4.78, 5) is 4.26. The van der Waals surface area contributed by atoms with Crippen LogP contribution in [-0.4, -0.2) is 12.1 Å². The standard InChI is InChI=1S/C21H19F2NO2/c1-3-16-10-14(8-9-24-16)13-26-17-6-4-15(5-7-17)18-11-19(22)20(23)12-21(18)25-2/h4-12H,3,13H2,1-2H3. The van der Waals surface area contributed by atoms with Gasteiger partial charge in [-0.05, 0) is 47.9 Å². The van der Waals surface area contributed by atoms with Crippen LogP contribution in [0.4, 0.5) is 8.78 Å². The molecule has 0 radical (unpaired) electrons. The predicted molar refractivity (Wildman–Crippen MR) is 96.3 cm³/mol. The van der Waals surface area contributed by atoms with Crippen molar-refractivity contribution >= 4 is 0 Å². The first-order valence-corrected chi connectivity index (χ1v) is 8.30. The van der Waals surface area contributed by atoms with Crippen molar-refractivity contribution < 1.29 is 18.3 Å². The van der Waals surface area contributed by atoms with Gasteiger partial charge in [0.25, 0.3) is 0 Å². The molecule has 5 heteroatoms. The van der Waals surface area contributed by atoms with Crippen LogP contribution in [0.5, 0.6) is 11.5 Å². The molecule has 3 aromatic rings. The van der Waals surface area contributed by atoms with Crippen LogP contribution in [0.3, 0.4) is 0 Å². The maximum atomic E-state index is 13.6. The Bertz CT molecular complexity index is 895. The number of pyridine rings is 1. The maximum Gasteiger partial charge on any atom is 0.162 e. The third-order valence-corrected chi connectivity index (χ3v) is 4.06. The number of benzene rings is 2. The molecule has 0 saturated heterocycles. The number of halogens is 2. The molecule has 1 heterocycles. The van der Waals surface area contributed by atoms with Gasteiger partial charge in [0.15, 0.2) is 11.6 Å². The molecule has 3 rings (SSSR count). The maximum absolute atomic E-state index is 13.6. The Balaban J connectivity index is 1.75. The molecule has 0 saturated carbocycles. The molecule has 0 fully saturated rings. The average molecular weight is 355 g/mol. The number of methoxy groups -OCH3 is 1. The number of hydrogen-bond donors (Lipinski definition) is 0. The number of rotatable bonds is 6. The Morgan fingerprint density at radius 1 is 0.962 bits per heavy atom. The quantitative estimate of drug-likeness (QED) is 0.611. The van der Waals surface area contributed by atoms with E-state index in [1.54, 1.807) is 30.5 Å². The lowest BCUT2D eigenvalue weighted by atomic mass is 10.0. The van der Waals surface area contributed by atoms with Gasteiger partial charge in [-0.25, -0.2) is 8.78 Å². The van der Waals surface area contributed by atoms with Gasteiger partial charge >= 0.3 is 0 Å². The van der Waals surface area contributed by atoms with Gasteiger partial charge in [-0.2, -0.15) is 0 Å². The van der Waals surface area contributed by atoms with Crippen molar-refractivity contribution in [1.82, 2.24) is 4.98 Å². The summed E-state index contributed by atoms with van der Waals surface area (Å²) in [5.74, 6) is -0.883. The summed E-state index contributed by atoms with van der Waals surface area (Å²) in [5.41, 5.74) is 3.26. The molecule has 0 N–H and O–H groups in total. The highest BCUT2D eigenvalue weighted by molar-refractivity contribution is 5.71. The highest BCUT2D eigenvalue weighted by atomic mass is 19.2. The zero-order chi connectivity index (χ0) is 18.5. The summed E-state index contributed by atoms with van der Waals surface area (Å²) < 4.78 is 37.9. The van der Waals surface area contributed by atoms with Crippen LogP contribution in [0, 0.1) is 11.6 Å². The molecule has 0 spiro atoms. The van der Waals surface area contributed by atoms with Gasteiger partial charge in [0.1, 0.15) is 18.1 Å². The third-order valence-electron chi connectivity index (χ3n) is 4.06. The van der Waals surface area contributed by atoms with Crippen molar-refractivity contribution in [3.05, 3.63) is 77.6 Å². The Morgan fingerprint density at radius 2 is 1.69 bits per heavy atom.